The van der Waals surface area contributed by atoms with Gasteiger partial charge in [-0.1, -0.05) is 13.8 Å². The van der Waals surface area contributed by atoms with Gasteiger partial charge in [0.05, 0.1) is 5.01 Å². The maximum absolute atomic E-state index is 12.5. The van der Waals surface area contributed by atoms with Gasteiger partial charge in [0.2, 0.25) is 0 Å². The molecule has 1 aromatic heterocycles. The van der Waals surface area contributed by atoms with Gasteiger partial charge in [0, 0.05) is 24.9 Å². The van der Waals surface area contributed by atoms with Gasteiger partial charge in [0.1, 0.15) is 5.69 Å². The molecule has 1 aliphatic heterocycles. The molecule has 2 N–H and O–H groups in total. The van der Waals surface area contributed by atoms with Crippen LogP contribution in [0.3, 0.4) is 0 Å². The van der Waals surface area contributed by atoms with E-state index in [2.05, 4.69) is 18.8 Å². The first-order valence-electron chi connectivity index (χ1n) is 7.55. The highest BCUT2D eigenvalue weighted by atomic mass is 32.1. The number of carbonyl (C=O) groups excluding carboxylic acids is 1. The average molecular weight is 295 g/mol. The highest BCUT2D eigenvalue weighted by Crippen LogP contribution is 2.25. The lowest BCUT2D eigenvalue weighted by molar-refractivity contribution is 0.0753. The number of carbonyl (C=O) groups is 1. The summed E-state index contributed by atoms with van der Waals surface area (Å²) >= 11 is 1.54. The van der Waals surface area contributed by atoms with E-state index in [1.54, 1.807) is 0 Å². The molecule has 2 heterocycles. The van der Waals surface area contributed by atoms with Gasteiger partial charge in [0.25, 0.3) is 5.91 Å². The van der Waals surface area contributed by atoms with E-state index < -0.39 is 0 Å². The van der Waals surface area contributed by atoms with Crippen molar-refractivity contribution in [2.75, 3.05) is 19.6 Å². The topological polar surface area (TPSA) is 59.2 Å². The molecular weight excluding hydrogens is 270 g/mol. The molecule has 0 bridgehead atoms. The quantitative estimate of drug-likeness (QED) is 0.928. The second-order valence-electron chi connectivity index (χ2n) is 5.89. The lowest BCUT2D eigenvalue weighted by Gasteiger charge is -2.20. The zero-order valence-electron chi connectivity index (χ0n) is 12.5. The number of likely N-dealkylation sites (tertiary alicyclic amines) is 1. The van der Waals surface area contributed by atoms with E-state index in [0.29, 0.717) is 18.2 Å². The standard InChI is InChI=1S/C15H25N3OS/c1-11(2)12-4-3-8-18(9-6-12)15(19)13-10-20-14(17-13)5-7-16/h10-12H,3-9,16H2,1-2H3. The van der Waals surface area contributed by atoms with E-state index in [1.807, 2.05) is 10.3 Å². The Kier molecular flexibility index (Phi) is 5.54. The first-order valence-corrected chi connectivity index (χ1v) is 8.43. The fraction of sp³-hybridized carbons (Fsp3) is 0.733. The van der Waals surface area contributed by atoms with E-state index in [9.17, 15) is 4.79 Å². The SMILES string of the molecule is CC(C)C1CCCN(C(=O)c2csc(CCN)n2)CC1. The molecule has 1 amide bonds. The minimum absolute atomic E-state index is 0.0916. The highest BCUT2D eigenvalue weighted by molar-refractivity contribution is 7.09. The molecule has 4 nitrogen and oxygen atoms in total. The van der Waals surface area contributed by atoms with Gasteiger partial charge in [-0.15, -0.1) is 11.3 Å². The lowest BCUT2D eigenvalue weighted by Crippen LogP contribution is -2.32. The molecule has 1 saturated heterocycles. The monoisotopic (exact) mass is 295 g/mol. The fourth-order valence-corrected chi connectivity index (χ4v) is 3.59. The Morgan fingerprint density at radius 1 is 1.50 bits per heavy atom. The molecule has 1 atom stereocenters. The maximum atomic E-state index is 12.5. The van der Waals surface area contributed by atoms with Crippen LogP contribution in [0.15, 0.2) is 5.38 Å². The van der Waals surface area contributed by atoms with Gasteiger partial charge in [-0.25, -0.2) is 4.98 Å². The van der Waals surface area contributed by atoms with Gasteiger partial charge in [-0.3, -0.25) is 4.79 Å². The van der Waals surface area contributed by atoms with Crippen molar-refractivity contribution in [1.29, 1.82) is 0 Å². The number of hydrogen-bond acceptors (Lipinski definition) is 4. The van der Waals surface area contributed by atoms with Crippen molar-refractivity contribution in [1.82, 2.24) is 9.88 Å². The second kappa shape index (κ2) is 7.18. The van der Waals surface area contributed by atoms with Crippen molar-refractivity contribution < 1.29 is 4.79 Å². The summed E-state index contributed by atoms with van der Waals surface area (Å²) in [6, 6.07) is 0. The summed E-state index contributed by atoms with van der Waals surface area (Å²) in [6.07, 6.45) is 4.21. The molecule has 1 unspecified atom stereocenters. The van der Waals surface area contributed by atoms with Crippen LogP contribution in [0.5, 0.6) is 0 Å². The Bertz CT molecular complexity index is 444. The molecule has 2 rings (SSSR count). The van der Waals surface area contributed by atoms with Crippen molar-refractivity contribution >= 4 is 17.2 Å². The number of amides is 1. The van der Waals surface area contributed by atoms with Crippen LogP contribution >= 0.6 is 11.3 Å². The number of nitrogens with zero attached hydrogens (tertiary/aromatic N) is 2. The van der Waals surface area contributed by atoms with Crippen LogP contribution in [0.1, 0.15) is 48.6 Å². The Hall–Kier alpha value is -0.940. The normalized spacial score (nSPS) is 20.2. The maximum Gasteiger partial charge on any atom is 0.273 e. The lowest BCUT2D eigenvalue weighted by atomic mass is 9.89. The van der Waals surface area contributed by atoms with Crippen molar-refractivity contribution in [3.63, 3.8) is 0 Å². The summed E-state index contributed by atoms with van der Waals surface area (Å²) in [7, 11) is 0. The summed E-state index contributed by atoms with van der Waals surface area (Å²) in [6.45, 7) is 6.88. The molecule has 0 aromatic carbocycles. The predicted octanol–water partition coefficient (Wildman–Crippen LogP) is 2.54. The van der Waals surface area contributed by atoms with E-state index in [-0.39, 0.29) is 5.91 Å². The predicted molar refractivity (Wildman–Crippen MR) is 83.0 cm³/mol. The first-order chi connectivity index (χ1) is 9.61. The summed E-state index contributed by atoms with van der Waals surface area (Å²) in [5.74, 6) is 1.55. The van der Waals surface area contributed by atoms with Crippen molar-refractivity contribution in [3.8, 4) is 0 Å². The summed E-state index contributed by atoms with van der Waals surface area (Å²) in [4.78, 5) is 18.9. The molecule has 1 aromatic rings. The van der Waals surface area contributed by atoms with Gasteiger partial charge in [0.15, 0.2) is 0 Å². The molecular formula is C15H25N3OS. The van der Waals surface area contributed by atoms with Gasteiger partial charge < -0.3 is 10.6 Å². The smallest absolute Gasteiger partial charge is 0.273 e. The van der Waals surface area contributed by atoms with Gasteiger partial charge >= 0.3 is 0 Å². The minimum Gasteiger partial charge on any atom is -0.337 e. The number of nitrogens with two attached hydrogens (primary N) is 1. The van der Waals surface area contributed by atoms with Crippen LogP contribution in [0, 0.1) is 11.8 Å². The van der Waals surface area contributed by atoms with Crippen LogP contribution in [-0.2, 0) is 6.42 Å². The third kappa shape index (κ3) is 3.79. The van der Waals surface area contributed by atoms with E-state index in [1.165, 1.54) is 17.8 Å². The van der Waals surface area contributed by atoms with E-state index in [4.69, 9.17) is 5.73 Å². The second-order valence-corrected chi connectivity index (χ2v) is 6.84. The highest BCUT2D eigenvalue weighted by Gasteiger charge is 2.24. The Morgan fingerprint density at radius 3 is 3.00 bits per heavy atom. The Labute approximate surface area is 125 Å². The van der Waals surface area contributed by atoms with E-state index >= 15 is 0 Å². The molecule has 20 heavy (non-hydrogen) atoms. The molecule has 1 aliphatic rings. The van der Waals surface area contributed by atoms with Crippen molar-refractivity contribution in [2.45, 2.75) is 39.5 Å². The first kappa shape index (κ1) is 15.4. The van der Waals surface area contributed by atoms with Gasteiger partial charge in [-0.05, 0) is 37.6 Å². The van der Waals surface area contributed by atoms with Crippen LogP contribution in [0.25, 0.3) is 0 Å². The fourth-order valence-electron chi connectivity index (χ4n) is 2.80. The zero-order chi connectivity index (χ0) is 14.5. The van der Waals surface area contributed by atoms with Crippen LogP contribution in [0.2, 0.25) is 0 Å². The molecule has 1 fully saturated rings. The van der Waals surface area contributed by atoms with Crippen LogP contribution < -0.4 is 5.73 Å². The zero-order valence-corrected chi connectivity index (χ0v) is 13.3. The van der Waals surface area contributed by atoms with Crippen molar-refractivity contribution in [3.05, 3.63) is 16.1 Å². The Balaban J connectivity index is 1.97. The summed E-state index contributed by atoms with van der Waals surface area (Å²) in [5, 5.41) is 2.84. The molecule has 112 valence electrons. The molecule has 0 saturated carbocycles. The van der Waals surface area contributed by atoms with Gasteiger partial charge in [-0.2, -0.15) is 0 Å². The number of rotatable bonds is 4. The van der Waals surface area contributed by atoms with Crippen molar-refractivity contribution in [2.24, 2.45) is 17.6 Å². The Morgan fingerprint density at radius 2 is 2.30 bits per heavy atom. The number of aromatic nitrogens is 1. The van der Waals surface area contributed by atoms with Crippen LogP contribution in [-0.4, -0.2) is 35.4 Å². The molecule has 5 heteroatoms. The third-order valence-electron chi connectivity index (χ3n) is 4.13. The number of thiazole rings is 1. The molecule has 0 radical (unpaired) electrons. The minimum atomic E-state index is 0.0916. The molecule has 0 spiro atoms. The third-order valence-corrected chi connectivity index (χ3v) is 5.04. The summed E-state index contributed by atoms with van der Waals surface area (Å²) in [5.41, 5.74) is 6.12. The largest absolute Gasteiger partial charge is 0.337 e. The molecule has 0 aliphatic carbocycles. The summed E-state index contributed by atoms with van der Waals surface area (Å²) < 4.78 is 0. The van der Waals surface area contributed by atoms with E-state index in [0.717, 1.165) is 43.3 Å². The average Bonchev–Trinajstić information content (AvgIpc) is 2.74. The number of hydrogen-bond donors (Lipinski definition) is 1. The van der Waals surface area contributed by atoms with Crippen LogP contribution in [0.4, 0.5) is 0 Å².